The van der Waals surface area contributed by atoms with Crippen LogP contribution in [0.4, 0.5) is 0 Å². The molecule has 4 rings (SSSR count). The zero-order valence-corrected chi connectivity index (χ0v) is 20.6. The van der Waals surface area contributed by atoms with Gasteiger partial charge in [0.25, 0.3) is 0 Å². The smallest absolute Gasteiger partial charge is 0.242 e. The van der Waals surface area contributed by atoms with Crippen molar-refractivity contribution in [3.8, 4) is 11.5 Å². The predicted octanol–water partition coefficient (Wildman–Crippen LogP) is 2.74. The van der Waals surface area contributed by atoms with Crippen molar-refractivity contribution in [3.63, 3.8) is 0 Å². The van der Waals surface area contributed by atoms with E-state index >= 15 is 0 Å². The Bertz CT molecular complexity index is 971. The minimum Gasteiger partial charge on any atom is -0.467 e. The first-order valence-corrected chi connectivity index (χ1v) is 12.3. The number of hydrogen-bond donors (Lipinski definition) is 0. The molecule has 0 unspecified atom stereocenters. The summed E-state index contributed by atoms with van der Waals surface area (Å²) < 4.78 is 21.8. The van der Waals surface area contributed by atoms with Gasteiger partial charge < -0.3 is 28.4 Å². The zero-order chi connectivity index (χ0) is 24.6. The normalized spacial score (nSPS) is 15.4. The number of ether oxygens (including phenoxy) is 3. The van der Waals surface area contributed by atoms with Gasteiger partial charge >= 0.3 is 0 Å². The Morgan fingerprint density at radius 3 is 2.57 bits per heavy atom. The lowest BCUT2D eigenvalue weighted by Gasteiger charge is -2.30. The second-order valence-electron chi connectivity index (χ2n) is 9.24. The zero-order valence-electron chi connectivity index (χ0n) is 20.6. The number of nitrogens with zero attached hydrogens (tertiary/aromatic N) is 3. The van der Waals surface area contributed by atoms with E-state index in [1.165, 1.54) is 0 Å². The number of amides is 2. The molecule has 0 saturated carbocycles. The molecule has 0 spiro atoms. The van der Waals surface area contributed by atoms with Crippen LogP contribution in [0.5, 0.6) is 11.5 Å². The highest BCUT2D eigenvalue weighted by atomic mass is 16.7. The van der Waals surface area contributed by atoms with Crippen LogP contribution in [0.3, 0.4) is 0 Å². The van der Waals surface area contributed by atoms with Crippen molar-refractivity contribution in [2.24, 2.45) is 5.92 Å². The average molecular weight is 486 g/mol. The SMILES string of the molecule is CC(C)C(=O)N(CCCN1CCOCC1)CC(=O)N(Cc1ccc2c(c1)OCO2)Cc1ccco1. The van der Waals surface area contributed by atoms with Gasteiger partial charge in [-0.15, -0.1) is 0 Å². The van der Waals surface area contributed by atoms with Crippen LogP contribution in [0, 0.1) is 5.92 Å². The van der Waals surface area contributed by atoms with Crippen LogP contribution in [0.1, 0.15) is 31.6 Å². The van der Waals surface area contributed by atoms with E-state index in [2.05, 4.69) is 4.90 Å². The Morgan fingerprint density at radius 1 is 1.03 bits per heavy atom. The van der Waals surface area contributed by atoms with Crippen LogP contribution >= 0.6 is 0 Å². The van der Waals surface area contributed by atoms with Gasteiger partial charge in [0.15, 0.2) is 11.5 Å². The number of hydrogen-bond acceptors (Lipinski definition) is 7. The van der Waals surface area contributed by atoms with E-state index in [0.717, 1.165) is 44.8 Å². The first kappa shape index (κ1) is 25.1. The molecule has 190 valence electrons. The van der Waals surface area contributed by atoms with Crippen LogP contribution in [-0.4, -0.2) is 79.2 Å². The van der Waals surface area contributed by atoms with E-state index < -0.39 is 0 Å². The van der Waals surface area contributed by atoms with Crippen molar-refractivity contribution >= 4 is 11.8 Å². The van der Waals surface area contributed by atoms with Gasteiger partial charge in [0.2, 0.25) is 18.6 Å². The topological polar surface area (TPSA) is 84.7 Å². The van der Waals surface area contributed by atoms with E-state index in [1.54, 1.807) is 22.1 Å². The first-order valence-electron chi connectivity index (χ1n) is 12.3. The van der Waals surface area contributed by atoms with E-state index in [1.807, 2.05) is 38.1 Å². The highest BCUT2D eigenvalue weighted by Crippen LogP contribution is 2.33. The second-order valence-corrected chi connectivity index (χ2v) is 9.24. The van der Waals surface area contributed by atoms with Crippen molar-refractivity contribution in [3.05, 3.63) is 47.9 Å². The lowest BCUT2D eigenvalue weighted by Crippen LogP contribution is -2.45. The van der Waals surface area contributed by atoms with Gasteiger partial charge in [0.1, 0.15) is 5.76 Å². The summed E-state index contributed by atoms with van der Waals surface area (Å²) in [6.45, 7) is 9.38. The molecule has 2 aliphatic rings. The molecule has 3 heterocycles. The van der Waals surface area contributed by atoms with Crippen molar-refractivity contribution in [2.75, 3.05) is 52.7 Å². The number of furan rings is 1. The fraction of sp³-hybridized carbons (Fsp3) is 0.538. The molecule has 9 nitrogen and oxygen atoms in total. The summed E-state index contributed by atoms with van der Waals surface area (Å²) in [5, 5.41) is 0. The molecule has 2 aromatic rings. The molecule has 2 aliphatic heterocycles. The van der Waals surface area contributed by atoms with Gasteiger partial charge in [-0.25, -0.2) is 0 Å². The van der Waals surface area contributed by atoms with Gasteiger partial charge in [-0.1, -0.05) is 19.9 Å². The lowest BCUT2D eigenvalue weighted by molar-refractivity contribution is -0.143. The monoisotopic (exact) mass is 485 g/mol. The number of rotatable bonds is 11. The molecule has 0 N–H and O–H groups in total. The Balaban J connectivity index is 1.43. The van der Waals surface area contributed by atoms with Gasteiger partial charge in [-0.05, 0) is 36.2 Å². The Hall–Kier alpha value is -3.04. The van der Waals surface area contributed by atoms with Gasteiger partial charge in [-0.2, -0.15) is 0 Å². The summed E-state index contributed by atoms with van der Waals surface area (Å²) in [7, 11) is 0. The molecule has 0 atom stereocenters. The molecule has 1 aromatic heterocycles. The molecule has 0 radical (unpaired) electrons. The Labute approximate surface area is 206 Å². The average Bonchev–Trinajstić information content (AvgIpc) is 3.55. The van der Waals surface area contributed by atoms with Crippen LogP contribution in [0.2, 0.25) is 0 Å². The molecule has 1 saturated heterocycles. The largest absolute Gasteiger partial charge is 0.467 e. The van der Waals surface area contributed by atoms with E-state index in [-0.39, 0.29) is 31.1 Å². The van der Waals surface area contributed by atoms with Gasteiger partial charge in [0.05, 0.1) is 32.6 Å². The quantitative estimate of drug-likeness (QED) is 0.484. The maximum Gasteiger partial charge on any atom is 0.242 e. The minimum absolute atomic E-state index is 0.0126. The first-order chi connectivity index (χ1) is 17.0. The standard InChI is InChI=1S/C26H35N3O6/c1-20(2)26(31)28(9-4-8-27-10-13-32-14-11-27)18-25(30)29(17-22-5-3-12-33-22)16-21-6-7-23-24(15-21)35-19-34-23/h3,5-7,12,15,20H,4,8-11,13-14,16-19H2,1-2H3. The highest BCUT2D eigenvalue weighted by molar-refractivity contribution is 5.85. The molecule has 2 amide bonds. The number of carbonyl (C=O) groups excluding carboxylic acids is 2. The summed E-state index contributed by atoms with van der Waals surface area (Å²) in [5.74, 6) is 1.74. The molecular formula is C26H35N3O6. The second kappa shape index (κ2) is 12.1. The van der Waals surface area contributed by atoms with Crippen molar-refractivity contribution in [1.29, 1.82) is 0 Å². The Kier molecular flexibility index (Phi) is 8.65. The maximum atomic E-state index is 13.5. The third-order valence-electron chi connectivity index (χ3n) is 6.23. The highest BCUT2D eigenvalue weighted by Gasteiger charge is 2.25. The van der Waals surface area contributed by atoms with Crippen LogP contribution in [0.15, 0.2) is 41.0 Å². The lowest BCUT2D eigenvalue weighted by atomic mass is 10.1. The van der Waals surface area contributed by atoms with Crippen molar-refractivity contribution in [2.45, 2.75) is 33.4 Å². The molecule has 0 aliphatic carbocycles. The summed E-state index contributed by atoms with van der Waals surface area (Å²) >= 11 is 0. The van der Waals surface area contributed by atoms with Crippen LogP contribution in [-0.2, 0) is 27.4 Å². The van der Waals surface area contributed by atoms with Crippen LogP contribution < -0.4 is 9.47 Å². The van der Waals surface area contributed by atoms with Gasteiger partial charge in [0, 0.05) is 38.6 Å². The fourth-order valence-corrected chi connectivity index (χ4v) is 4.29. The van der Waals surface area contributed by atoms with E-state index in [9.17, 15) is 9.59 Å². The minimum atomic E-state index is -0.182. The third kappa shape index (κ3) is 6.99. The summed E-state index contributed by atoms with van der Waals surface area (Å²) in [6.07, 6.45) is 2.41. The molecule has 9 heteroatoms. The molecular weight excluding hydrogens is 450 g/mol. The summed E-state index contributed by atoms with van der Waals surface area (Å²) in [4.78, 5) is 32.2. The fourth-order valence-electron chi connectivity index (χ4n) is 4.29. The summed E-state index contributed by atoms with van der Waals surface area (Å²) in [6, 6.07) is 9.32. The van der Waals surface area contributed by atoms with Crippen molar-refractivity contribution in [1.82, 2.24) is 14.7 Å². The molecule has 35 heavy (non-hydrogen) atoms. The predicted molar refractivity (Wildman–Crippen MR) is 129 cm³/mol. The maximum absolute atomic E-state index is 13.5. The van der Waals surface area contributed by atoms with E-state index in [4.69, 9.17) is 18.6 Å². The molecule has 1 fully saturated rings. The van der Waals surface area contributed by atoms with Gasteiger partial charge in [-0.3, -0.25) is 14.5 Å². The molecule has 1 aromatic carbocycles. The summed E-state index contributed by atoms with van der Waals surface area (Å²) in [5.41, 5.74) is 0.920. The third-order valence-corrected chi connectivity index (χ3v) is 6.23. The number of morpholine rings is 1. The van der Waals surface area contributed by atoms with Crippen LogP contribution in [0.25, 0.3) is 0 Å². The molecule has 0 bridgehead atoms. The number of carbonyl (C=O) groups is 2. The Morgan fingerprint density at radius 2 is 1.83 bits per heavy atom. The number of benzene rings is 1. The van der Waals surface area contributed by atoms with E-state index in [0.29, 0.717) is 36.9 Å². The van der Waals surface area contributed by atoms with Crippen molar-refractivity contribution < 1.29 is 28.2 Å². The number of fused-ring (bicyclic) bond motifs is 1.